The first-order valence-electron chi connectivity index (χ1n) is 18.3. The number of carbonyl (C=O) groups excluding carboxylic acids is 2. The maximum Gasteiger partial charge on any atom is 0.417 e. The number of carbonyl (C=O) groups is 2. The molecule has 0 saturated heterocycles. The number of fused-ring (bicyclic) bond motifs is 4. The van der Waals surface area contributed by atoms with Crippen LogP contribution < -0.4 is 19.7 Å². The third-order valence-electron chi connectivity index (χ3n) is 11.8. The summed E-state index contributed by atoms with van der Waals surface area (Å²) in [4.78, 5) is 29.2. The number of nitrogens with one attached hydrogen (secondary N) is 2. The van der Waals surface area contributed by atoms with Crippen molar-refractivity contribution in [2.75, 3.05) is 37.5 Å². The molecule has 53 heavy (non-hydrogen) atoms. The highest BCUT2D eigenvalue weighted by Crippen LogP contribution is 2.48. The number of rotatable bonds is 3. The molecule has 3 N–H and O–H groups in total. The molecule has 288 valence electrons. The van der Waals surface area contributed by atoms with E-state index in [2.05, 4.69) is 25.4 Å². The van der Waals surface area contributed by atoms with Gasteiger partial charge in [-0.05, 0) is 97.7 Å². The topological polar surface area (TPSA) is 130 Å². The van der Waals surface area contributed by atoms with Gasteiger partial charge in [0.25, 0.3) is 5.91 Å². The molecule has 2 aliphatic heterocycles. The molecule has 3 aliphatic carbocycles. The lowest BCUT2D eigenvalue weighted by Crippen LogP contribution is -2.63. The zero-order valence-corrected chi connectivity index (χ0v) is 31.4. The van der Waals surface area contributed by atoms with Gasteiger partial charge in [-0.2, -0.15) is 13.2 Å². The van der Waals surface area contributed by atoms with E-state index in [1.807, 2.05) is 31.2 Å². The maximum absolute atomic E-state index is 14.4. The fourth-order valence-electron chi connectivity index (χ4n) is 8.82. The maximum atomic E-state index is 14.4. The van der Waals surface area contributed by atoms with Crippen LogP contribution in [0.3, 0.4) is 0 Å². The normalized spacial score (nSPS) is 34.9. The fourth-order valence-corrected chi connectivity index (χ4v) is 10.8. The first kappa shape index (κ1) is 38.0. The number of aryl methyl sites for hydroxylation is 1. The SMILES string of the molecule is CO[C@H]1/C=C/C[C@H](C)CS(=O)(NC(=O)NC2CC(O)(C(F)(F)F)C2)=NC(=O)c2ccc3c(c2)N(C[C@@H]2CC[C@H]21)C[C@@]1(CCCc2cc(Cl)ccc21)CO3. The second-order valence-electron chi connectivity index (χ2n) is 15.7. The first-order chi connectivity index (χ1) is 25.1. The van der Waals surface area contributed by atoms with Crippen molar-refractivity contribution >= 4 is 39.1 Å². The molecule has 10 nitrogen and oxygen atoms in total. The summed E-state index contributed by atoms with van der Waals surface area (Å²) in [6.07, 6.45) is 2.83. The van der Waals surface area contributed by atoms with Crippen LogP contribution in [0, 0.1) is 17.8 Å². The van der Waals surface area contributed by atoms with Crippen LogP contribution in [0.5, 0.6) is 5.75 Å². The summed E-state index contributed by atoms with van der Waals surface area (Å²) in [6.45, 7) is 3.60. The van der Waals surface area contributed by atoms with Crippen molar-refractivity contribution in [3.8, 4) is 5.75 Å². The van der Waals surface area contributed by atoms with E-state index in [0.717, 1.165) is 37.8 Å². The van der Waals surface area contributed by atoms with Crippen LogP contribution in [-0.2, 0) is 26.5 Å². The highest BCUT2D eigenvalue weighted by Gasteiger charge is 2.61. The number of methoxy groups -OCH3 is 1. The number of halogens is 4. The lowest BCUT2D eigenvalue weighted by atomic mass is 9.68. The average Bonchev–Trinajstić information content (AvgIpc) is 3.20. The van der Waals surface area contributed by atoms with E-state index in [9.17, 15) is 32.1 Å². The number of hydrogen-bond acceptors (Lipinski definition) is 7. The van der Waals surface area contributed by atoms with E-state index in [1.165, 1.54) is 11.1 Å². The van der Waals surface area contributed by atoms with E-state index in [-0.39, 0.29) is 34.7 Å². The van der Waals surface area contributed by atoms with Crippen LogP contribution >= 0.6 is 11.6 Å². The largest absolute Gasteiger partial charge is 0.490 e. The number of hydrogen-bond donors (Lipinski definition) is 3. The summed E-state index contributed by atoms with van der Waals surface area (Å²) in [7, 11) is -2.07. The highest BCUT2D eigenvalue weighted by molar-refractivity contribution is 7.92. The molecule has 2 bridgehead atoms. The number of alkyl halides is 3. The molecule has 5 aliphatic rings. The molecule has 2 saturated carbocycles. The van der Waals surface area contributed by atoms with E-state index >= 15 is 0 Å². The van der Waals surface area contributed by atoms with Crippen molar-refractivity contribution < 1.29 is 41.5 Å². The Balaban J connectivity index is 1.23. The summed E-state index contributed by atoms with van der Waals surface area (Å²) in [5.41, 5.74) is 0.0797. The zero-order chi connectivity index (χ0) is 37.8. The van der Waals surface area contributed by atoms with Crippen molar-refractivity contribution in [2.24, 2.45) is 22.1 Å². The molecular weight excluding hydrogens is 733 g/mol. The Bertz CT molecular complexity index is 1910. The zero-order valence-electron chi connectivity index (χ0n) is 29.8. The number of nitrogens with zero attached hydrogens (tertiary/aromatic N) is 2. The molecular formula is C38H46ClF3N4O6S. The predicted octanol–water partition coefficient (Wildman–Crippen LogP) is 6.73. The van der Waals surface area contributed by atoms with Gasteiger partial charge in [-0.15, -0.1) is 4.36 Å². The van der Waals surface area contributed by atoms with Gasteiger partial charge in [-0.3, -0.25) is 9.52 Å². The van der Waals surface area contributed by atoms with Gasteiger partial charge in [0.2, 0.25) is 0 Å². The van der Waals surface area contributed by atoms with Crippen molar-refractivity contribution in [2.45, 2.75) is 87.6 Å². The minimum absolute atomic E-state index is 0.147. The molecule has 2 fully saturated rings. The molecule has 15 heteroatoms. The molecule has 1 unspecified atom stereocenters. The molecule has 7 rings (SSSR count). The van der Waals surface area contributed by atoms with Crippen LogP contribution in [0.2, 0.25) is 5.02 Å². The van der Waals surface area contributed by atoms with Crippen molar-refractivity contribution in [3.63, 3.8) is 0 Å². The molecule has 1 spiro atoms. The van der Waals surface area contributed by atoms with Gasteiger partial charge in [-0.25, -0.2) is 9.00 Å². The van der Waals surface area contributed by atoms with Crippen molar-refractivity contribution in [1.82, 2.24) is 10.0 Å². The molecule has 2 aromatic carbocycles. The van der Waals surface area contributed by atoms with Crippen LogP contribution in [0.15, 0.2) is 52.9 Å². The van der Waals surface area contributed by atoms with E-state index in [1.54, 1.807) is 25.3 Å². The average molecular weight is 779 g/mol. The third-order valence-corrected chi connectivity index (χ3v) is 14.0. The Morgan fingerprint density at radius 1 is 1.19 bits per heavy atom. The quantitative estimate of drug-likeness (QED) is 0.295. The molecule has 0 aromatic heterocycles. The Hall–Kier alpha value is -3.33. The summed E-state index contributed by atoms with van der Waals surface area (Å²) < 4.78 is 72.9. The van der Waals surface area contributed by atoms with Crippen molar-refractivity contribution in [1.29, 1.82) is 0 Å². The summed E-state index contributed by atoms with van der Waals surface area (Å²) in [6, 6.07) is 9.08. The molecule has 3 amide bonds. The molecule has 6 atom stereocenters. The lowest BCUT2D eigenvalue weighted by Gasteiger charge is -2.46. The predicted molar refractivity (Wildman–Crippen MR) is 196 cm³/mol. The number of amides is 3. The third kappa shape index (κ3) is 7.66. The van der Waals surface area contributed by atoms with Crippen LogP contribution in [-0.4, -0.2) is 77.7 Å². The lowest BCUT2D eigenvalue weighted by molar-refractivity contribution is -0.291. The number of allylic oxidation sites excluding steroid dienone is 1. The fraction of sp³-hybridized carbons (Fsp3) is 0.579. The van der Waals surface area contributed by atoms with Crippen LogP contribution in [0.4, 0.5) is 23.7 Å². The molecule has 2 heterocycles. The number of ether oxygens (including phenoxy) is 2. The number of anilines is 1. The summed E-state index contributed by atoms with van der Waals surface area (Å²) in [5.74, 6) is -0.108. The van der Waals surface area contributed by atoms with Gasteiger partial charge in [-0.1, -0.05) is 36.7 Å². The van der Waals surface area contributed by atoms with Gasteiger partial charge in [0.1, 0.15) is 15.7 Å². The summed E-state index contributed by atoms with van der Waals surface area (Å²) in [5, 5.41) is 12.9. The van der Waals surface area contributed by atoms with Gasteiger partial charge >= 0.3 is 12.2 Å². The minimum Gasteiger partial charge on any atom is -0.490 e. The highest BCUT2D eigenvalue weighted by atomic mass is 35.5. The van der Waals surface area contributed by atoms with Gasteiger partial charge < -0.3 is 24.8 Å². The Morgan fingerprint density at radius 2 is 1.98 bits per heavy atom. The smallest absolute Gasteiger partial charge is 0.417 e. The van der Waals surface area contributed by atoms with Crippen molar-refractivity contribution in [3.05, 3.63) is 70.3 Å². The second kappa shape index (κ2) is 14.4. The number of aliphatic hydroxyl groups is 1. The van der Waals surface area contributed by atoms with Gasteiger partial charge in [0, 0.05) is 55.1 Å². The Kier molecular flexibility index (Phi) is 10.3. The van der Waals surface area contributed by atoms with Gasteiger partial charge in [0.05, 0.1) is 24.2 Å². The molecule has 0 radical (unpaired) electrons. The molecule has 2 aromatic rings. The first-order valence-corrected chi connectivity index (χ1v) is 20.3. The number of urea groups is 1. The Labute approximate surface area is 313 Å². The second-order valence-corrected chi connectivity index (χ2v) is 18.1. The summed E-state index contributed by atoms with van der Waals surface area (Å²) >= 11 is 6.42. The minimum atomic E-state index is -4.84. The monoisotopic (exact) mass is 778 g/mol. The Morgan fingerprint density at radius 3 is 2.70 bits per heavy atom. The van der Waals surface area contributed by atoms with E-state index in [0.29, 0.717) is 42.8 Å². The standard InChI is InChI=1S/C38H46ClF3N4O6S/c1-23-5-3-7-32(51-2)29-11-8-26(29)19-46-21-36(14-4-6-24-15-27(39)10-12-30(24)36)22-52-33-13-9-25(16-31(33)46)34(47)44-53(50,20-23)45-35(48)43-28-17-37(49,18-28)38(40,41)42/h3,7,9-10,12-13,15-16,23,26,28-29,32,49H,4-6,8,11,14,17-22H2,1-2H3,(H2,43,44,45,47,48,50)/b7-3+/t23-,26-,28?,29+,32-,36-,37?,53?/m0/s1. The van der Waals surface area contributed by atoms with Gasteiger partial charge in [0.15, 0.2) is 5.60 Å². The van der Waals surface area contributed by atoms with Crippen LogP contribution in [0.25, 0.3) is 0 Å². The van der Waals surface area contributed by atoms with E-state index in [4.69, 9.17) is 21.1 Å². The van der Waals surface area contributed by atoms with Crippen LogP contribution in [0.1, 0.15) is 73.4 Å². The van der Waals surface area contributed by atoms with E-state index < -0.39 is 52.5 Å². The number of benzene rings is 2.